The van der Waals surface area contributed by atoms with Gasteiger partial charge in [0.1, 0.15) is 23.7 Å². The monoisotopic (exact) mass is 360 g/mol. The summed E-state index contributed by atoms with van der Waals surface area (Å²) in [5.41, 5.74) is 1.84. The lowest BCUT2D eigenvalue weighted by molar-refractivity contribution is 0.0658. The Morgan fingerprint density at radius 2 is 2.00 bits per heavy atom. The molecule has 0 spiro atoms. The number of fused-ring (bicyclic) bond motifs is 3. The van der Waals surface area contributed by atoms with Gasteiger partial charge in [-0.2, -0.15) is 0 Å². The van der Waals surface area contributed by atoms with Crippen LogP contribution in [0, 0.1) is 0 Å². The smallest absolute Gasteiger partial charge is 0.371 e. The van der Waals surface area contributed by atoms with Crippen LogP contribution in [-0.2, 0) is 19.4 Å². The summed E-state index contributed by atoms with van der Waals surface area (Å²) in [7, 11) is 0. The molecule has 1 aliphatic carbocycles. The molecule has 7 heteroatoms. The van der Waals surface area contributed by atoms with Gasteiger partial charge < -0.3 is 18.7 Å². The molecule has 0 aliphatic heterocycles. The fourth-order valence-corrected chi connectivity index (χ4v) is 3.33. The lowest BCUT2D eigenvalue weighted by atomic mass is 10.1. The number of rotatable bonds is 4. The Kier molecular flexibility index (Phi) is 3.77. The van der Waals surface area contributed by atoms with E-state index in [0.29, 0.717) is 22.1 Å². The molecular formula is C18H13ClO6. The number of carboxylic acid groups (broad SMARTS) is 1. The zero-order valence-electron chi connectivity index (χ0n) is 13.0. The van der Waals surface area contributed by atoms with E-state index in [1.54, 1.807) is 12.1 Å². The quantitative estimate of drug-likeness (QED) is 0.711. The lowest BCUT2D eigenvalue weighted by Gasteiger charge is -2.10. The minimum absolute atomic E-state index is 0.00762. The third-order valence-corrected chi connectivity index (χ3v) is 4.56. The molecule has 0 saturated carbocycles. The van der Waals surface area contributed by atoms with Crippen molar-refractivity contribution in [1.29, 1.82) is 0 Å². The second-order valence-corrected chi connectivity index (χ2v) is 6.25. The van der Waals surface area contributed by atoms with Crippen LogP contribution in [0.5, 0.6) is 5.75 Å². The number of benzene rings is 1. The minimum atomic E-state index is -1.15. The van der Waals surface area contributed by atoms with Gasteiger partial charge in [0.05, 0.1) is 5.02 Å². The Balaban J connectivity index is 1.66. The molecule has 6 nitrogen and oxygen atoms in total. The number of aromatic carboxylic acids is 1. The van der Waals surface area contributed by atoms with E-state index in [-0.39, 0.29) is 18.0 Å². The summed E-state index contributed by atoms with van der Waals surface area (Å²) in [4.78, 5) is 22.9. The van der Waals surface area contributed by atoms with Crippen molar-refractivity contribution >= 4 is 28.5 Å². The molecule has 0 radical (unpaired) electrons. The van der Waals surface area contributed by atoms with Crippen molar-refractivity contribution in [3.8, 4) is 5.75 Å². The molecule has 0 fully saturated rings. The summed E-state index contributed by atoms with van der Waals surface area (Å²) in [6.07, 6.45) is 2.49. The molecule has 0 amide bonds. The van der Waals surface area contributed by atoms with E-state index in [0.717, 1.165) is 35.8 Å². The maximum Gasteiger partial charge on any atom is 0.371 e. The van der Waals surface area contributed by atoms with Gasteiger partial charge in [-0.3, -0.25) is 0 Å². The molecule has 128 valence electrons. The van der Waals surface area contributed by atoms with Crippen LogP contribution in [-0.4, -0.2) is 11.1 Å². The number of carboxylic acids is 1. The minimum Gasteiger partial charge on any atom is -0.484 e. The van der Waals surface area contributed by atoms with E-state index in [2.05, 4.69) is 0 Å². The molecule has 0 saturated heterocycles. The number of aryl methyl sites for hydroxylation is 1. The molecule has 0 unspecified atom stereocenters. The van der Waals surface area contributed by atoms with E-state index in [1.165, 1.54) is 12.1 Å². The van der Waals surface area contributed by atoms with Crippen molar-refractivity contribution in [2.75, 3.05) is 0 Å². The van der Waals surface area contributed by atoms with Gasteiger partial charge in [0.2, 0.25) is 5.76 Å². The highest BCUT2D eigenvalue weighted by Crippen LogP contribution is 2.35. The van der Waals surface area contributed by atoms with Gasteiger partial charge in [-0.25, -0.2) is 9.59 Å². The first-order chi connectivity index (χ1) is 12.0. The summed E-state index contributed by atoms with van der Waals surface area (Å²) >= 11 is 6.30. The third-order valence-electron chi connectivity index (χ3n) is 4.27. The molecule has 2 aromatic heterocycles. The van der Waals surface area contributed by atoms with Crippen molar-refractivity contribution < 1.29 is 23.5 Å². The maximum atomic E-state index is 12.1. The SMILES string of the molecule is O=C(O)c1ccc(COc2cc3oc(=O)c4c(c3cc2Cl)CCC4)o1. The molecule has 2 heterocycles. The topological polar surface area (TPSA) is 89.9 Å². The molecular weight excluding hydrogens is 348 g/mol. The van der Waals surface area contributed by atoms with Crippen LogP contribution in [0.2, 0.25) is 5.02 Å². The molecule has 4 rings (SSSR count). The van der Waals surface area contributed by atoms with Crippen LogP contribution in [0.3, 0.4) is 0 Å². The van der Waals surface area contributed by atoms with Gasteiger partial charge in [0, 0.05) is 17.0 Å². The zero-order valence-corrected chi connectivity index (χ0v) is 13.8. The summed E-state index contributed by atoms with van der Waals surface area (Å²) in [5, 5.41) is 10.1. The third kappa shape index (κ3) is 2.78. The number of carbonyl (C=O) groups is 1. The molecule has 1 aromatic carbocycles. The standard InChI is InChI=1S/C18H13ClO6/c19-13-6-12-10-2-1-3-11(10)18(22)25-15(12)7-16(13)23-8-9-4-5-14(24-9)17(20)21/h4-7H,1-3,8H2,(H,20,21). The highest BCUT2D eigenvalue weighted by molar-refractivity contribution is 6.32. The first-order valence-corrected chi connectivity index (χ1v) is 8.13. The Labute approximate surface area is 146 Å². The average Bonchev–Trinajstić information content (AvgIpc) is 3.23. The first kappa shape index (κ1) is 15.8. The van der Waals surface area contributed by atoms with Crippen molar-refractivity contribution in [2.45, 2.75) is 25.9 Å². The van der Waals surface area contributed by atoms with E-state index in [1.807, 2.05) is 0 Å². The normalized spacial score (nSPS) is 13.2. The van der Waals surface area contributed by atoms with Gasteiger partial charge in [-0.05, 0) is 43.0 Å². The maximum absolute atomic E-state index is 12.1. The molecule has 1 aliphatic rings. The van der Waals surface area contributed by atoms with E-state index >= 15 is 0 Å². The van der Waals surface area contributed by atoms with Crippen molar-refractivity contribution in [3.63, 3.8) is 0 Å². The van der Waals surface area contributed by atoms with E-state index in [4.69, 9.17) is 30.3 Å². The molecule has 1 N–H and O–H groups in total. The number of hydrogen-bond donors (Lipinski definition) is 1. The van der Waals surface area contributed by atoms with Gasteiger partial charge in [-0.1, -0.05) is 11.6 Å². The Morgan fingerprint density at radius 1 is 1.20 bits per heavy atom. The number of ether oxygens (including phenoxy) is 1. The van der Waals surface area contributed by atoms with Crippen LogP contribution in [0.1, 0.15) is 33.9 Å². The van der Waals surface area contributed by atoms with Gasteiger partial charge in [-0.15, -0.1) is 0 Å². The molecule has 25 heavy (non-hydrogen) atoms. The number of halogens is 1. The largest absolute Gasteiger partial charge is 0.484 e. The molecule has 0 bridgehead atoms. The van der Waals surface area contributed by atoms with Crippen LogP contribution in [0.4, 0.5) is 0 Å². The van der Waals surface area contributed by atoms with E-state index in [9.17, 15) is 9.59 Å². The van der Waals surface area contributed by atoms with Crippen molar-refractivity contribution in [3.05, 3.63) is 62.4 Å². The highest BCUT2D eigenvalue weighted by Gasteiger charge is 2.21. The first-order valence-electron chi connectivity index (χ1n) is 7.76. The van der Waals surface area contributed by atoms with Crippen molar-refractivity contribution in [2.24, 2.45) is 0 Å². The van der Waals surface area contributed by atoms with Crippen LogP contribution in [0.25, 0.3) is 11.0 Å². The summed E-state index contributed by atoms with van der Waals surface area (Å²) in [5.74, 6) is -0.622. The van der Waals surface area contributed by atoms with Crippen LogP contribution in [0.15, 0.2) is 37.9 Å². The van der Waals surface area contributed by atoms with Crippen LogP contribution >= 0.6 is 11.6 Å². The molecule has 0 atom stereocenters. The fraction of sp³-hybridized carbons (Fsp3) is 0.222. The average molecular weight is 361 g/mol. The van der Waals surface area contributed by atoms with Crippen molar-refractivity contribution in [1.82, 2.24) is 0 Å². The van der Waals surface area contributed by atoms with E-state index < -0.39 is 5.97 Å². The number of furan rings is 1. The summed E-state index contributed by atoms with van der Waals surface area (Å²) in [6, 6.07) is 6.19. The molecule has 3 aromatic rings. The Morgan fingerprint density at radius 3 is 2.76 bits per heavy atom. The van der Waals surface area contributed by atoms with Crippen LogP contribution < -0.4 is 10.4 Å². The highest BCUT2D eigenvalue weighted by atomic mass is 35.5. The second kappa shape index (κ2) is 5.97. The lowest BCUT2D eigenvalue weighted by Crippen LogP contribution is -2.07. The predicted octanol–water partition coefficient (Wildman–Crippen LogP) is 3.81. The zero-order chi connectivity index (χ0) is 17.6. The van der Waals surface area contributed by atoms with Gasteiger partial charge in [0.25, 0.3) is 0 Å². The Hall–Kier alpha value is -2.73. The number of hydrogen-bond acceptors (Lipinski definition) is 5. The summed E-state index contributed by atoms with van der Waals surface area (Å²) in [6.45, 7) is 0.00762. The Bertz CT molecular complexity index is 1050. The predicted molar refractivity (Wildman–Crippen MR) is 89.5 cm³/mol. The summed E-state index contributed by atoms with van der Waals surface area (Å²) < 4.78 is 16.1. The fourth-order valence-electron chi connectivity index (χ4n) is 3.11. The van der Waals surface area contributed by atoms with Gasteiger partial charge in [0.15, 0.2) is 0 Å². The second-order valence-electron chi connectivity index (χ2n) is 5.84. The van der Waals surface area contributed by atoms with Gasteiger partial charge >= 0.3 is 11.6 Å².